The first-order valence-electron chi connectivity index (χ1n) is 7.38. The maximum absolute atomic E-state index is 12.6. The van der Waals surface area contributed by atoms with E-state index in [1.165, 1.54) is 18.9 Å². The minimum atomic E-state index is -0.138. The number of ether oxygens (including phenoxy) is 2. The summed E-state index contributed by atoms with van der Waals surface area (Å²) in [5, 5.41) is 10.0. The van der Waals surface area contributed by atoms with Gasteiger partial charge in [-0.15, -0.1) is 0 Å². The molecule has 6 heteroatoms. The number of rotatable bonds is 2. The molecule has 2 fully saturated rings. The van der Waals surface area contributed by atoms with E-state index in [1.54, 1.807) is 11.0 Å². The summed E-state index contributed by atoms with van der Waals surface area (Å²) >= 11 is 0. The van der Waals surface area contributed by atoms with Crippen molar-refractivity contribution < 1.29 is 19.4 Å². The van der Waals surface area contributed by atoms with Gasteiger partial charge in [-0.1, -0.05) is 0 Å². The van der Waals surface area contributed by atoms with Gasteiger partial charge in [-0.05, 0) is 12.8 Å². The standard InChI is InChI=1S/C15H18N2O4/c18-12-8-14-13(20-9-21-14)7-11(12)15(19)17-5-3-16(4-6-17)10-1-2-10/h7-8,10,18H,1-6,9H2. The third kappa shape index (κ3) is 2.29. The summed E-state index contributed by atoms with van der Waals surface area (Å²) in [6.07, 6.45) is 2.58. The molecular weight excluding hydrogens is 272 g/mol. The molecule has 0 radical (unpaired) electrons. The second-order valence-corrected chi connectivity index (χ2v) is 5.78. The number of piperazine rings is 1. The fourth-order valence-corrected chi connectivity index (χ4v) is 3.00. The van der Waals surface area contributed by atoms with Crippen LogP contribution in [0, 0.1) is 0 Å². The largest absolute Gasteiger partial charge is 0.507 e. The topological polar surface area (TPSA) is 62.2 Å². The summed E-state index contributed by atoms with van der Waals surface area (Å²) in [6.45, 7) is 3.39. The number of phenols is 1. The second kappa shape index (κ2) is 4.80. The predicted molar refractivity (Wildman–Crippen MR) is 74.7 cm³/mol. The molecule has 1 aliphatic carbocycles. The molecule has 1 aromatic rings. The zero-order valence-corrected chi connectivity index (χ0v) is 11.7. The van der Waals surface area contributed by atoms with Gasteiger partial charge in [0.15, 0.2) is 11.5 Å². The van der Waals surface area contributed by atoms with E-state index in [2.05, 4.69) is 4.90 Å². The Kier molecular flexibility index (Phi) is 2.92. The van der Waals surface area contributed by atoms with Crippen molar-refractivity contribution in [3.8, 4) is 17.2 Å². The highest BCUT2D eigenvalue weighted by Gasteiger charge is 2.33. The Morgan fingerprint density at radius 1 is 1.10 bits per heavy atom. The maximum atomic E-state index is 12.6. The van der Waals surface area contributed by atoms with Crippen LogP contribution in [0.15, 0.2) is 12.1 Å². The number of phenolic OH excluding ortho intramolecular Hbond substituents is 1. The zero-order chi connectivity index (χ0) is 14.4. The van der Waals surface area contributed by atoms with Gasteiger partial charge in [-0.25, -0.2) is 0 Å². The van der Waals surface area contributed by atoms with Crippen LogP contribution in [0.4, 0.5) is 0 Å². The average Bonchev–Trinajstić information content (AvgIpc) is 3.25. The van der Waals surface area contributed by atoms with Gasteiger partial charge >= 0.3 is 0 Å². The van der Waals surface area contributed by atoms with Gasteiger partial charge in [0.05, 0.1) is 5.56 Å². The Labute approximate surface area is 122 Å². The number of hydrogen-bond donors (Lipinski definition) is 1. The molecule has 0 aromatic heterocycles. The molecule has 1 aromatic carbocycles. The fraction of sp³-hybridized carbons (Fsp3) is 0.533. The molecular formula is C15H18N2O4. The summed E-state index contributed by atoms with van der Waals surface area (Å²) in [4.78, 5) is 16.8. The summed E-state index contributed by atoms with van der Waals surface area (Å²) in [5.41, 5.74) is 0.291. The van der Waals surface area contributed by atoms with Crippen molar-refractivity contribution in [1.29, 1.82) is 0 Å². The Hall–Kier alpha value is -1.95. The lowest BCUT2D eigenvalue weighted by Gasteiger charge is -2.34. The van der Waals surface area contributed by atoms with Gasteiger partial charge in [-0.3, -0.25) is 9.69 Å². The molecule has 0 spiro atoms. The normalized spacial score (nSPS) is 21.6. The monoisotopic (exact) mass is 290 g/mol. The molecule has 2 heterocycles. The first-order valence-corrected chi connectivity index (χ1v) is 7.38. The van der Waals surface area contributed by atoms with Gasteiger partial charge in [0.2, 0.25) is 6.79 Å². The quantitative estimate of drug-likeness (QED) is 0.882. The summed E-state index contributed by atoms with van der Waals surface area (Å²) < 4.78 is 10.5. The van der Waals surface area contributed by atoms with Crippen LogP contribution in [0.3, 0.4) is 0 Å². The van der Waals surface area contributed by atoms with Crippen LogP contribution in [0.2, 0.25) is 0 Å². The molecule has 0 atom stereocenters. The van der Waals surface area contributed by atoms with E-state index in [9.17, 15) is 9.90 Å². The number of amides is 1. The van der Waals surface area contributed by atoms with E-state index in [0.29, 0.717) is 30.2 Å². The fourth-order valence-electron chi connectivity index (χ4n) is 3.00. The first kappa shape index (κ1) is 12.8. The maximum Gasteiger partial charge on any atom is 0.257 e. The van der Waals surface area contributed by atoms with Crippen LogP contribution in [0.1, 0.15) is 23.2 Å². The van der Waals surface area contributed by atoms with Crippen LogP contribution in [0.5, 0.6) is 17.2 Å². The van der Waals surface area contributed by atoms with Gasteiger partial charge in [0, 0.05) is 44.4 Å². The van der Waals surface area contributed by atoms with E-state index in [-0.39, 0.29) is 18.4 Å². The van der Waals surface area contributed by atoms with Gasteiger partial charge in [-0.2, -0.15) is 0 Å². The number of aromatic hydroxyl groups is 1. The van der Waals surface area contributed by atoms with Crippen molar-refractivity contribution in [3.05, 3.63) is 17.7 Å². The summed E-state index contributed by atoms with van der Waals surface area (Å²) in [6, 6.07) is 3.77. The minimum Gasteiger partial charge on any atom is -0.507 e. The highest BCUT2D eigenvalue weighted by atomic mass is 16.7. The highest BCUT2D eigenvalue weighted by molar-refractivity contribution is 5.97. The van der Waals surface area contributed by atoms with E-state index >= 15 is 0 Å². The van der Waals surface area contributed by atoms with Crippen molar-refractivity contribution in [1.82, 2.24) is 9.80 Å². The summed E-state index contributed by atoms with van der Waals surface area (Å²) in [5.74, 6) is 0.825. The van der Waals surface area contributed by atoms with E-state index in [1.807, 2.05) is 0 Å². The Morgan fingerprint density at radius 3 is 2.43 bits per heavy atom. The minimum absolute atomic E-state index is 0.0473. The lowest BCUT2D eigenvalue weighted by atomic mass is 10.1. The van der Waals surface area contributed by atoms with Crippen LogP contribution in [-0.2, 0) is 0 Å². The number of carbonyl (C=O) groups excluding carboxylic acids is 1. The SMILES string of the molecule is O=C(c1cc2c(cc1O)OCO2)N1CCN(C2CC2)CC1. The van der Waals surface area contributed by atoms with E-state index < -0.39 is 0 Å². The van der Waals surface area contributed by atoms with E-state index in [0.717, 1.165) is 19.1 Å². The molecule has 0 bridgehead atoms. The Bertz CT molecular complexity index is 577. The van der Waals surface area contributed by atoms with Gasteiger partial charge in [0.25, 0.3) is 5.91 Å². The molecule has 21 heavy (non-hydrogen) atoms. The number of hydrogen-bond acceptors (Lipinski definition) is 5. The molecule has 112 valence electrons. The molecule has 1 N–H and O–H groups in total. The third-order valence-corrected chi connectivity index (χ3v) is 4.39. The molecule has 0 unspecified atom stereocenters. The molecule has 1 saturated carbocycles. The van der Waals surface area contributed by atoms with Crippen molar-refractivity contribution in [3.63, 3.8) is 0 Å². The third-order valence-electron chi connectivity index (χ3n) is 4.39. The van der Waals surface area contributed by atoms with Crippen molar-refractivity contribution >= 4 is 5.91 Å². The molecule has 1 amide bonds. The lowest BCUT2D eigenvalue weighted by molar-refractivity contribution is 0.0624. The molecule has 2 aliphatic heterocycles. The zero-order valence-electron chi connectivity index (χ0n) is 11.7. The Morgan fingerprint density at radius 2 is 1.76 bits per heavy atom. The van der Waals surface area contributed by atoms with Crippen LogP contribution < -0.4 is 9.47 Å². The van der Waals surface area contributed by atoms with Crippen molar-refractivity contribution in [2.24, 2.45) is 0 Å². The Balaban J connectivity index is 1.50. The van der Waals surface area contributed by atoms with Crippen LogP contribution in [-0.4, -0.2) is 59.8 Å². The van der Waals surface area contributed by atoms with E-state index in [4.69, 9.17) is 9.47 Å². The highest BCUT2D eigenvalue weighted by Crippen LogP contribution is 2.38. The average molecular weight is 290 g/mol. The number of nitrogens with zero attached hydrogens (tertiary/aromatic N) is 2. The molecule has 1 saturated heterocycles. The number of fused-ring (bicyclic) bond motifs is 1. The summed E-state index contributed by atoms with van der Waals surface area (Å²) in [7, 11) is 0. The first-order chi connectivity index (χ1) is 10.2. The number of carbonyl (C=O) groups is 1. The van der Waals surface area contributed by atoms with Crippen molar-refractivity contribution in [2.45, 2.75) is 18.9 Å². The van der Waals surface area contributed by atoms with Crippen molar-refractivity contribution in [2.75, 3.05) is 33.0 Å². The van der Waals surface area contributed by atoms with Crippen LogP contribution >= 0.6 is 0 Å². The van der Waals surface area contributed by atoms with Crippen LogP contribution in [0.25, 0.3) is 0 Å². The molecule has 3 aliphatic rings. The van der Waals surface area contributed by atoms with Gasteiger partial charge < -0.3 is 19.5 Å². The smallest absolute Gasteiger partial charge is 0.257 e. The second-order valence-electron chi connectivity index (χ2n) is 5.78. The van der Waals surface area contributed by atoms with Gasteiger partial charge in [0.1, 0.15) is 5.75 Å². The predicted octanol–water partition coefficient (Wildman–Crippen LogP) is 1.04. The molecule has 4 rings (SSSR count). The lowest BCUT2D eigenvalue weighted by Crippen LogP contribution is -2.49. The number of benzene rings is 1. The molecule has 6 nitrogen and oxygen atoms in total.